The zero-order valence-electron chi connectivity index (χ0n) is 14.8. The molecular weight excluding hydrogens is 330 g/mol. The summed E-state index contributed by atoms with van der Waals surface area (Å²) in [4.78, 5) is 12.2. The Balaban J connectivity index is 2.04. The molecule has 0 spiro atoms. The molecule has 1 heterocycles. The molecule has 6 heteroatoms. The van der Waals surface area contributed by atoms with Crippen molar-refractivity contribution in [2.45, 2.75) is 33.2 Å². The Morgan fingerprint density at radius 1 is 1.15 bits per heavy atom. The van der Waals surface area contributed by atoms with Gasteiger partial charge >= 0.3 is 0 Å². The number of nitrogens with zero attached hydrogens (tertiary/aromatic N) is 3. The summed E-state index contributed by atoms with van der Waals surface area (Å²) in [7, 11) is 0. The monoisotopic (exact) mass is 351 g/mol. The summed E-state index contributed by atoms with van der Waals surface area (Å²) in [6.07, 6.45) is 1.91. The molecular formula is C20H21N3O3. The van der Waals surface area contributed by atoms with Crippen molar-refractivity contribution >= 4 is 22.5 Å². The van der Waals surface area contributed by atoms with E-state index in [9.17, 15) is 15.0 Å². The van der Waals surface area contributed by atoms with Crippen molar-refractivity contribution < 1.29 is 15.0 Å². The largest absolute Gasteiger partial charge is 0.507 e. The second-order valence-corrected chi connectivity index (χ2v) is 6.22. The van der Waals surface area contributed by atoms with Crippen LogP contribution in [0.5, 0.6) is 11.6 Å². The van der Waals surface area contributed by atoms with Crippen LogP contribution in [0.2, 0.25) is 0 Å². The molecule has 0 aliphatic heterocycles. The third-order valence-corrected chi connectivity index (χ3v) is 4.28. The second kappa shape index (κ2) is 7.39. The van der Waals surface area contributed by atoms with Crippen molar-refractivity contribution in [3.8, 4) is 11.6 Å². The van der Waals surface area contributed by atoms with E-state index in [2.05, 4.69) is 17.2 Å². The Kier molecular flexibility index (Phi) is 5.02. The van der Waals surface area contributed by atoms with Crippen molar-refractivity contribution in [2.75, 3.05) is 0 Å². The number of aromatic nitrogens is 1. The van der Waals surface area contributed by atoms with Gasteiger partial charge < -0.3 is 14.8 Å². The van der Waals surface area contributed by atoms with E-state index >= 15 is 0 Å². The summed E-state index contributed by atoms with van der Waals surface area (Å²) < 4.78 is 1.79. The Labute approximate surface area is 151 Å². The number of aromatic hydroxyl groups is 2. The molecule has 0 saturated heterocycles. The number of para-hydroxylation sites is 1. The summed E-state index contributed by atoms with van der Waals surface area (Å²) in [5.41, 5.74) is 2.21. The maximum atomic E-state index is 12.2. The molecule has 3 aromatic rings. The zero-order chi connectivity index (χ0) is 18.7. The summed E-state index contributed by atoms with van der Waals surface area (Å²) in [6.45, 7) is 4.69. The molecule has 0 aliphatic rings. The van der Waals surface area contributed by atoms with Crippen LogP contribution in [-0.2, 0) is 6.54 Å². The molecule has 2 aromatic carbocycles. The number of aryl methyl sites for hydroxylation is 2. The van der Waals surface area contributed by atoms with Gasteiger partial charge in [0, 0.05) is 11.9 Å². The number of azo groups is 1. The topological polar surface area (TPSA) is 87.2 Å². The first-order valence-corrected chi connectivity index (χ1v) is 8.58. The molecule has 134 valence electrons. The summed E-state index contributed by atoms with van der Waals surface area (Å²) in [5, 5.41) is 28.9. The fourth-order valence-electron chi connectivity index (χ4n) is 2.88. The number of hydrogen-bond acceptors (Lipinski definition) is 4. The number of rotatable bonds is 5. The van der Waals surface area contributed by atoms with E-state index in [1.165, 1.54) is 12.1 Å². The van der Waals surface area contributed by atoms with E-state index in [1.807, 2.05) is 25.1 Å². The highest BCUT2D eigenvalue weighted by Gasteiger charge is 2.17. The van der Waals surface area contributed by atoms with E-state index < -0.39 is 5.91 Å². The lowest BCUT2D eigenvalue weighted by molar-refractivity contribution is 0.0992. The van der Waals surface area contributed by atoms with Crippen LogP contribution in [-0.4, -0.2) is 20.7 Å². The minimum absolute atomic E-state index is 0.00659. The number of amides is 1. The minimum Gasteiger partial charge on any atom is -0.507 e. The molecule has 6 nitrogen and oxygen atoms in total. The molecule has 0 unspecified atom stereocenters. The number of carbonyl (C=O) groups excluding carboxylic acids is 1. The quantitative estimate of drug-likeness (QED) is 0.628. The molecule has 0 fully saturated rings. The number of phenolic OH excluding ortho intramolecular Hbond substituents is 1. The molecule has 1 aromatic heterocycles. The van der Waals surface area contributed by atoms with E-state index in [0.717, 1.165) is 29.3 Å². The van der Waals surface area contributed by atoms with E-state index in [-0.39, 0.29) is 22.9 Å². The maximum Gasteiger partial charge on any atom is 0.299 e. The van der Waals surface area contributed by atoms with Crippen LogP contribution in [0.1, 0.15) is 35.7 Å². The molecule has 26 heavy (non-hydrogen) atoms. The number of phenols is 1. The molecule has 0 aliphatic carbocycles. The number of benzene rings is 2. The van der Waals surface area contributed by atoms with Gasteiger partial charge in [-0.25, -0.2) is 0 Å². The highest BCUT2D eigenvalue weighted by molar-refractivity contribution is 5.99. The molecule has 1 amide bonds. The normalized spacial score (nSPS) is 11.5. The molecule has 0 atom stereocenters. The van der Waals surface area contributed by atoms with Crippen LogP contribution in [0.15, 0.2) is 52.7 Å². The van der Waals surface area contributed by atoms with Crippen LogP contribution >= 0.6 is 0 Å². The first kappa shape index (κ1) is 17.7. The lowest BCUT2D eigenvalue weighted by Gasteiger charge is -2.05. The number of unbranched alkanes of at least 4 members (excludes halogenated alkanes) is 1. The van der Waals surface area contributed by atoms with Gasteiger partial charge in [-0.05, 0) is 37.6 Å². The van der Waals surface area contributed by atoms with Gasteiger partial charge in [-0.15, -0.1) is 10.2 Å². The highest BCUT2D eigenvalue weighted by Crippen LogP contribution is 2.39. The van der Waals surface area contributed by atoms with Gasteiger partial charge in [0.1, 0.15) is 5.75 Å². The lowest BCUT2D eigenvalue weighted by Crippen LogP contribution is -1.96. The van der Waals surface area contributed by atoms with Gasteiger partial charge in [-0.2, -0.15) is 0 Å². The molecule has 0 saturated carbocycles. The molecule has 2 N–H and O–H groups in total. The first-order chi connectivity index (χ1) is 12.5. The van der Waals surface area contributed by atoms with Crippen LogP contribution in [0.3, 0.4) is 0 Å². The fraction of sp³-hybridized carbons (Fsp3) is 0.250. The number of fused-ring (bicyclic) bond motifs is 1. The van der Waals surface area contributed by atoms with Gasteiger partial charge in [-0.3, -0.25) is 4.79 Å². The SMILES string of the molecule is CCCCn1c(O)c(N=NC(=O)c2ccccc2O)c2cc(C)ccc21. The van der Waals surface area contributed by atoms with Crippen LogP contribution in [0.4, 0.5) is 5.69 Å². The summed E-state index contributed by atoms with van der Waals surface area (Å²) in [6, 6.07) is 12.0. The van der Waals surface area contributed by atoms with Gasteiger partial charge in [0.15, 0.2) is 5.69 Å². The lowest BCUT2D eigenvalue weighted by atomic mass is 10.1. The first-order valence-electron chi connectivity index (χ1n) is 8.58. The zero-order valence-corrected chi connectivity index (χ0v) is 14.8. The average Bonchev–Trinajstić information content (AvgIpc) is 2.88. The van der Waals surface area contributed by atoms with Crippen LogP contribution < -0.4 is 0 Å². The summed E-state index contributed by atoms with van der Waals surface area (Å²) >= 11 is 0. The van der Waals surface area contributed by atoms with Crippen LogP contribution in [0.25, 0.3) is 10.9 Å². The third kappa shape index (κ3) is 3.31. The van der Waals surface area contributed by atoms with E-state index in [0.29, 0.717) is 6.54 Å². The predicted molar refractivity (Wildman–Crippen MR) is 100 cm³/mol. The Morgan fingerprint density at radius 2 is 1.92 bits per heavy atom. The van der Waals surface area contributed by atoms with Gasteiger partial charge in [0.2, 0.25) is 5.88 Å². The smallest absolute Gasteiger partial charge is 0.299 e. The number of hydrogen-bond donors (Lipinski definition) is 2. The Hall–Kier alpha value is -3.15. The Morgan fingerprint density at radius 3 is 2.65 bits per heavy atom. The van der Waals surface area contributed by atoms with E-state index in [1.54, 1.807) is 16.7 Å². The number of carbonyl (C=O) groups is 1. The van der Waals surface area contributed by atoms with Crippen molar-refractivity contribution in [1.82, 2.24) is 4.57 Å². The van der Waals surface area contributed by atoms with E-state index in [4.69, 9.17) is 0 Å². The van der Waals surface area contributed by atoms with Gasteiger partial charge in [0.05, 0.1) is 11.1 Å². The standard InChI is InChI=1S/C20H21N3O3/c1-3-4-11-23-16-10-9-13(2)12-15(16)18(20(23)26)21-22-19(25)14-7-5-6-8-17(14)24/h5-10,12,24,26H,3-4,11H2,1-2H3. The Bertz CT molecular complexity index is 989. The van der Waals surface area contributed by atoms with Crippen molar-refractivity contribution in [3.05, 3.63) is 53.6 Å². The minimum atomic E-state index is -0.662. The molecule has 0 bridgehead atoms. The van der Waals surface area contributed by atoms with Crippen molar-refractivity contribution in [2.24, 2.45) is 10.2 Å². The second-order valence-electron chi connectivity index (χ2n) is 6.22. The average molecular weight is 351 g/mol. The molecule has 0 radical (unpaired) electrons. The van der Waals surface area contributed by atoms with Crippen LogP contribution in [0, 0.1) is 6.92 Å². The van der Waals surface area contributed by atoms with Crippen molar-refractivity contribution in [1.29, 1.82) is 0 Å². The maximum absolute atomic E-state index is 12.2. The highest BCUT2D eigenvalue weighted by atomic mass is 16.3. The molecule has 3 rings (SSSR count). The van der Waals surface area contributed by atoms with Gasteiger partial charge in [0.25, 0.3) is 5.91 Å². The van der Waals surface area contributed by atoms with Crippen molar-refractivity contribution in [3.63, 3.8) is 0 Å². The fourth-order valence-corrected chi connectivity index (χ4v) is 2.88. The summed E-state index contributed by atoms with van der Waals surface area (Å²) in [5.74, 6) is -0.820. The predicted octanol–water partition coefficient (Wildman–Crippen LogP) is 5.09. The third-order valence-electron chi connectivity index (χ3n) is 4.28. The van der Waals surface area contributed by atoms with Gasteiger partial charge in [-0.1, -0.05) is 37.1 Å².